The Kier molecular flexibility index (Phi) is 4.65. The van der Waals surface area contributed by atoms with Gasteiger partial charge >= 0.3 is 0 Å². The molecule has 1 fully saturated rings. The molecule has 2 amide bonds. The Morgan fingerprint density at radius 1 is 1.04 bits per heavy atom. The minimum atomic E-state index is -0.223. The molecule has 3 rings (SSSR count). The van der Waals surface area contributed by atoms with Crippen LogP contribution in [0.5, 0.6) is 0 Å². The number of hydrogen-bond donors (Lipinski definition) is 0. The molecule has 24 heavy (non-hydrogen) atoms. The molecule has 1 aliphatic heterocycles. The molecule has 2 aromatic rings. The van der Waals surface area contributed by atoms with Crippen LogP contribution in [0, 0.1) is 5.92 Å². The smallest absolute Gasteiger partial charge is 0.255 e. The van der Waals surface area contributed by atoms with Crippen LogP contribution in [0.15, 0.2) is 60.7 Å². The molecule has 124 valence electrons. The number of rotatable bonds is 3. The highest BCUT2D eigenvalue weighted by molar-refractivity contribution is 5.95. The van der Waals surface area contributed by atoms with Crippen molar-refractivity contribution in [2.24, 2.45) is 5.92 Å². The molecule has 0 saturated carbocycles. The maximum absolute atomic E-state index is 12.8. The fourth-order valence-corrected chi connectivity index (χ4v) is 3.26. The Bertz CT molecular complexity index is 713. The van der Waals surface area contributed by atoms with Crippen LogP contribution in [0.3, 0.4) is 0 Å². The molecule has 0 unspecified atom stereocenters. The van der Waals surface area contributed by atoms with Gasteiger partial charge < -0.3 is 9.80 Å². The summed E-state index contributed by atoms with van der Waals surface area (Å²) in [5.74, 6) is -0.150. The van der Waals surface area contributed by atoms with Crippen LogP contribution >= 0.6 is 0 Å². The Morgan fingerprint density at radius 3 is 2.25 bits per heavy atom. The third-order valence-corrected chi connectivity index (χ3v) is 4.71. The van der Waals surface area contributed by atoms with Gasteiger partial charge in [0.1, 0.15) is 0 Å². The molecule has 0 bridgehead atoms. The first-order valence-corrected chi connectivity index (χ1v) is 8.23. The van der Waals surface area contributed by atoms with Gasteiger partial charge in [0.2, 0.25) is 5.91 Å². The van der Waals surface area contributed by atoms with Gasteiger partial charge in [0, 0.05) is 18.7 Å². The molecule has 0 aromatic heterocycles. The predicted molar refractivity (Wildman–Crippen MR) is 93.3 cm³/mol. The zero-order valence-electron chi connectivity index (χ0n) is 14.1. The second-order valence-corrected chi connectivity index (χ2v) is 6.36. The molecule has 1 aliphatic rings. The SMILES string of the molecule is C[C@H]1[C@H](Cc2ccccc2)C(=O)N(C)CN1C(=O)c1ccccc1. The zero-order chi connectivity index (χ0) is 17.1. The lowest BCUT2D eigenvalue weighted by atomic mass is 9.89. The molecule has 1 saturated heterocycles. The third kappa shape index (κ3) is 3.18. The maximum atomic E-state index is 12.8. The van der Waals surface area contributed by atoms with Crippen molar-refractivity contribution in [3.05, 3.63) is 71.8 Å². The van der Waals surface area contributed by atoms with E-state index in [2.05, 4.69) is 0 Å². The van der Waals surface area contributed by atoms with E-state index in [9.17, 15) is 9.59 Å². The highest BCUT2D eigenvalue weighted by Crippen LogP contribution is 2.25. The van der Waals surface area contributed by atoms with Crippen molar-refractivity contribution in [3.8, 4) is 0 Å². The van der Waals surface area contributed by atoms with Gasteiger partial charge in [-0.05, 0) is 31.0 Å². The third-order valence-electron chi connectivity index (χ3n) is 4.71. The van der Waals surface area contributed by atoms with Crippen molar-refractivity contribution in [2.75, 3.05) is 13.7 Å². The summed E-state index contributed by atoms with van der Waals surface area (Å²) in [7, 11) is 1.76. The van der Waals surface area contributed by atoms with E-state index in [1.165, 1.54) is 0 Å². The standard InChI is InChI=1S/C20H22N2O2/c1-15-18(13-16-9-5-3-6-10-16)20(24)21(2)14-22(15)19(23)17-11-7-4-8-12-17/h3-12,15,18H,13-14H2,1-2H3/t15-,18-/m0/s1. The summed E-state index contributed by atoms with van der Waals surface area (Å²) in [6.07, 6.45) is 0.643. The number of hydrogen-bond acceptors (Lipinski definition) is 2. The van der Waals surface area contributed by atoms with Gasteiger partial charge in [-0.15, -0.1) is 0 Å². The number of amides is 2. The Hall–Kier alpha value is -2.62. The summed E-state index contributed by atoms with van der Waals surface area (Å²) >= 11 is 0. The Morgan fingerprint density at radius 2 is 1.62 bits per heavy atom. The monoisotopic (exact) mass is 322 g/mol. The summed E-state index contributed by atoms with van der Waals surface area (Å²) in [5, 5.41) is 0. The fourth-order valence-electron chi connectivity index (χ4n) is 3.26. The van der Waals surface area contributed by atoms with E-state index >= 15 is 0 Å². The van der Waals surface area contributed by atoms with Crippen LogP contribution in [0.1, 0.15) is 22.8 Å². The molecule has 4 nitrogen and oxygen atoms in total. The van der Waals surface area contributed by atoms with E-state index in [-0.39, 0.29) is 23.8 Å². The second kappa shape index (κ2) is 6.87. The summed E-state index contributed by atoms with van der Waals surface area (Å²) in [4.78, 5) is 28.9. The van der Waals surface area contributed by atoms with Gasteiger partial charge in [-0.3, -0.25) is 9.59 Å². The number of benzene rings is 2. The first kappa shape index (κ1) is 16.2. The fraction of sp³-hybridized carbons (Fsp3) is 0.300. The maximum Gasteiger partial charge on any atom is 0.255 e. The van der Waals surface area contributed by atoms with Gasteiger partial charge in [0.05, 0.1) is 12.6 Å². The molecule has 4 heteroatoms. The van der Waals surface area contributed by atoms with Crippen LogP contribution in [0.4, 0.5) is 0 Å². The van der Waals surface area contributed by atoms with E-state index in [1.54, 1.807) is 16.8 Å². The van der Waals surface area contributed by atoms with Crippen LogP contribution < -0.4 is 0 Å². The predicted octanol–water partition coefficient (Wildman–Crippen LogP) is 2.81. The van der Waals surface area contributed by atoms with Crippen LogP contribution in [0.25, 0.3) is 0 Å². The van der Waals surface area contributed by atoms with E-state index in [0.717, 1.165) is 5.56 Å². The summed E-state index contributed by atoms with van der Waals surface area (Å²) in [6.45, 7) is 2.30. The Balaban J connectivity index is 1.84. The van der Waals surface area contributed by atoms with Crippen LogP contribution in [0.2, 0.25) is 0 Å². The molecule has 0 N–H and O–H groups in total. The number of nitrogens with zero attached hydrogens (tertiary/aromatic N) is 2. The van der Waals surface area contributed by atoms with Crippen molar-refractivity contribution in [1.29, 1.82) is 0 Å². The molecule has 0 radical (unpaired) electrons. The second-order valence-electron chi connectivity index (χ2n) is 6.36. The van der Waals surface area contributed by atoms with Crippen molar-refractivity contribution in [3.63, 3.8) is 0 Å². The Labute approximate surface area is 142 Å². The van der Waals surface area contributed by atoms with E-state index in [4.69, 9.17) is 0 Å². The molecule has 2 atom stereocenters. The van der Waals surface area contributed by atoms with Crippen LogP contribution in [-0.4, -0.2) is 41.4 Å². The molecule has 0 aliphatic carbocycles. The van der Waals surface area contributed by atoms with Gasteiger partial charge in [-0.2, -0.15) is 0 Å². The molecular weight excluding hydrogens is 300 g/mol. The quantitative estimate of drug-likeness (QED) is 0.872. The average molecular weight is 322 g/mol. The summed E-state index contributed by atoms with van der Waals surface area (Å²) in [6, 6.07) is 19.1. The molecular formula is C20H22N2O2. The lowest BCUT2D eigenvalue weighted by molar-refractivity contribution is -0.143. The minimum absolute atomic E-state index is 0.0273. The van der Waals surface area contributed by atoms with Gasteiger partial charge in [-0.1, -0.05) is 48.5 Å². The normalized spacial score (nSPS) is 21.0. The van der Waals surface area contributed by atoms with E-state index in [1.807, 2.05) is 67.6 Å². The van der Waals surface area contributed by atoms with Crippen molar-refractivity contribution < 1.29 is 9.59 Å². The van der Waals surface area contributed by atoms with Crippen molar-refractivity contribution in [1.82, 2.24) is 9.80 Å². The lowest BCUT2D eigenvalue weighted by Gasteiger charge is -2.43. The van der Waals surface area contributed by atoms with Gasteiger partial charge in [-0.25, -0.2) is 0 Å². The number of carbonyl (C=O) groups excluding carboxylic acids is 2. The van der Waals surface area contributed by atoms with Crippen molar-refractivity contribution >= 4 is 11.8 Å². The summed E-state index contributed by atoms with van der Waals surface area (Å²) in [5.41, 5.74) is 1.77. The zero-order valence-corrected chi connectivity index (χ0v) is 14.1. The van der Waals surface area contributed by atoms with E-state index in [0.29, 0.717) is 18.7 Å². The topological polar surface area (TPSA) is 40.6 Å². The first-order valence-electron chi connectivity index (χ1n) is 8.23. The molecule has 1 heterocycles. The average Bonchev–Trinajstić information content (AvgIpc) is 2.63. The van der Waals surface area contributed by atoms with Gasteiger partial charge in [0.25, 0.3) is 5.91 Å². The van der Waals surface area contributed by atoms with Gasteiger partial charge in [0.15, 0.2) is 0 Å². The van der Waals surface area contributed by atoms with E-state index < -0.39 is 0 Å². The molecule has 0 spiro atoms. The minimum Gasteiger partial charge on any atom is -0.328 e. The highest BCUT2D eigenvalue weighted by atomic mass is 16.2. The number of carbonyl (C=O) groups is 2. The summed E-state index contributed by atoms with van der Waals surface area (Å²) < 4.78 is 0. The first-order chi connectivity index (χ1) is 11.6. The highest BCUT2D eigenvalue weighted by Gasteiger charge is 2.39. The van der Waals surface area contributed by atoms with Crippen LogP contribution in [-0.2, 0) is 11.2 Å². The largest absolute Gasteiger partial charge is 0.328 e. The lowest BCUT2D eigenvalue weighted by Crippen LogP contribution is -2.58. The molecule has 2 aromatic carbocycles. The van der Waals surface area contributed by atoms with Crippen molar-refractivity contribution in [2.45, 2.75) is 19.4 Å².